The molecule has 0 spiro atoms. The average molecular weight is 317 g/mol. The van der Waals surface area contributed by atoms with E-state index in [0.29, 0.717) is 18.6 Å². The topological polar surface area (TPSA) is 57.0 Å². The van der Waals surface area contributed by atoms with Crippen molar-refractivity contribution in [3.05, 3.63) is 42.2 Å². The van der Waals surface area contributed by atoms with E-state index >= 15 is 0 Å². The van der Waals surface area contributed by atoms with Gasteiger partial charge in [-0.25, -0.2) is 14.1 Å². The predicted molar refractivity (Wildman–Crippen MR) is 82.7 cm³/mol. The Bertz CT molecular complexity index is 707. The third-order valence-corrected chi connectivity index (χ3v) is 4.05. The summed E-state index contributed by atoms with van der Waals surface area (Å²) in [6.45, 7) is 5.66. The van der Waals surface area contributed by atoms with Gasteiger partial charge in [0.1, 0.15) is 36.4 Å². The molecular weight excluding hydrogens is 297 g/mol. The highest BCUT2D eigenvalue weighted by Crippen LogP contribution is 2.34. The second-order valence-electron chi connectivity index (χ2n) is 6.94. The summed E-state index contributed by atoms with van der Waals surface area (Å²) in [6.07, 6.45) is 3.87. The predicted octanol–water partition coefficient (Wildman–Crippen LogP) is 2.97. The van der Waals surface area contributed by atoms with Crippen molar-refractivity contribution in [1.82, 2.24) is 14.8 Å². The first-order valence-corrected chi connectivity index (χ1v) is 7.68. The molecule has 0 saturated carbocycles. The van der Waals surface area contributed by atoms with E-state index in [4.69, 9.17) is 4.74 Å². The number of hydrogen-bond donors (Lipinski definition) is 0. The first-order valence-electron chi connectivity index (χ1n) is 7.68. The first-order chi connectivity index (χ1) is 10.8. The Kier molecular flexibility index (Phi) is 3.92. The van der Waals surface area contributed by atoms with Crippen LogP contribution in [0.5, 0.6) is 5.75 Å². The highest BCUT2D eigenvalue weighted by atomic mass is 19.1. The Morgan fingerprint density at radius 1 is 1.48 bits per heavy atom. The molecule has 2 aromatic rings. The number of ether oxygens (including phenoxy) is 1. The molecule has 0 aliphatic carbocycles. The van der Waals surface area contributed by atoms with Crippen LogP contribution >= 0.6 is 0 Å². The number of benzene rings is 1. The highest BCUT2D eigenvalue weighted by molar-refractivity contribution is 5.87. The summed E-state index contributed by atoms with van der Waals surface area (Å²) < 4.78 is 20.8. The van der Waals surface area contributed by atoms with Crippen LogP contribution in [0.2, 0.25) is 0 Å². The Hall–Kier alpha value is -2.24. The molecule has 1 aliphatic rings. The standard InChI is InChI=1S/C17H20FN3O2/c1-17(2,3)16(22)14(21-10-19-9-20-21)8-13-7-11-6-12(18)4-5-15(11)23-13/h4-6,9-10,13-14H,7-8H2,1-3H3. The van der Waals surface area contributed by atoms with Gasteiger partial charge < -0.3 is 4.74 Å². The summed E-state index contributed by atoms with van der Waals surface area (Å²) in [6, 6.07) is 4.07. The molecule has 2 heterocycles. The molecule has 0 fully saturated rings. The largest absolute Gasteiger partial charge is 0.490 e. The summed E-state index contributed by atoms with van der Waals surface area (Å²) in [7, 11) is 0. The highest BCUT2D eigenvalue weighted by Gasteiger charge is 2.35. The Morgan fingerprint density at radius 2 is 2.26 bits per heavy atom. The molecule has 6 heteroatoms. The Balaban J connectivity index is 1.80. The number of Topliss-reactive ketones (excluding diaryl/α,β-unsaturated/α-hetero) is 1. The SMILES string of the molecule is CC(C)(C)C(=O)C(CC1Cc2cc(F)ccc2O1)n1cncn1. The minimum absolute atomic E-state index is 0.0775. The molecule has 1 aromatic carbocycles. The maximum atomic E-state index is 13.3. The minimum Gasteiger partial charge on any atom is -0.490 e. The molecule has 0 N–H and O–H groups in total. The van der Waals surface area contributed by atoms with Crippen molar-refractivity contribution in [3.63, 3.8) is 0 Å². The van der Waals surface area contributed by atoms with Gasteiger partial charge in [-0.1, -0.05) is 20.8 Å². The van der Waals surface area contributed by atoms with Gasteiger partial charge in [0.25, 0.3) is 0 Å². The van der Waals surface area contributed by atoms with Gasteiger partial charge in [0.2, 0.25) is 0 Å². The maximum Gasteiger partial charge on any atom is 0.162 e. The lowest BCUT2D eigenvalue weighted by Gasteiger charge is -2.26. The third kappa shape index (κ3) is 3.25. The number of ketones is 1. The van der Waals surface area contributed by atoms with Crippen LogP contribution in [0.1, 0.15) is 38.8 Å². The van der Waals surface area contributed by atoms with E-state index in [9.17, 15) is 9.18 Å². The van der Waals surface area contributed by atoms with Crippen LogP contribution in [-0.4, -0.2) is 26.7 Å². The van der Waals surface area contributed by atoms with E-state index in [-0.39, 0.29) is 17.7 Å². The van der Waals surface area contributed by atoms with Gasteiger partial charge >= 0.3 is 0 Å². The van der Waals surface area contributed by atoms with Crippen LogP contribution < -0.4 is 4.74 Å². The summed E-state index contributed by atoms with van der Waals surface area (Å²) in [4.78, 5) is 16.7. The lowest BCUT2D eigenvalue weighted by atomic mass is 9.84. The number of fused-ring (bicyclic) bond motifs is 1. The van der Waals surface area contributed by atoms with Crippen LogP contribution in [0.3, 0.4) is 0 Å². The van der Waals surface area contributed by atoms with Crippen LogP contribution in [0.25, 0.3) is 0 Å². The van der Waals surface area contributed by atoms with Gasteiger partial charge in [-0.2, -0.15) is 5.10 Å². The summed E-state index contributed by atoms with van der Waals surface area (Å²) >= 11 is 0. The van der Waals surface area contributed by atoms with Crippen molar-refractivity contribution < 1.29 is 13.9 Å². The number of carbonyl (C=O) groups is 1. The summed E-state index contributed by atoms with van der Waals surface area (Å²) in [5.74, 6) is 0.497. The molecule has 0 bridgehead atoms. The lowest BCUT2D eigenvalue weighted by molar-refractivity contribution is -0.130. The number of nitrogens with zero attached hydrogens (tertiary/aromatic N) is 3. The molecule has 122 valence electrons. The fourth-order valence-corrected chi connectivity index (χ4v) is 2.88. The molecule has 5 nitrogen and oxygen atoms in total. The first kappa shape index (κ1) is 15.6. The van der Waals surface area contributed by atoms with Gasteiger partial charge in [-0.15, -0.1) is 0 Å². The van der Waals surface area contributed by atoms with E-state index in [1.165, 1.54) is 18.5 Å². The van der Waals surface area contributed by atoms with Gasteiger partial charge in [-0.3, -0.25) is 4.79 Å². The Morgan fingerprint density at radius 3 is 2.91 bits per heavy atom. The van der Waals surface area contributed by atoms with Gasteiger partial charge in [0.05, 0.1) is 0 Å². The van der Waals surface area contributed by atoms with Crippen molar-refractivity contribution in [3.8, 4) is 5.75 Å². The molecule has 23 heavy (non-hydrogen) atoms. The van der Waals surface area contributed by atoms with Crippen LogP contribution in [0.15, 0.2) is 30.9 Å². The molecular formula is C17H20FN3O2. The number of hydrogen-bond acceptors (Lipinski definition) is 4. The third-order valence-electron chi connectivity index (χ3n) is 4.05. The summed E-state index contributed by atoms with van der Waals surface area (Å²) in [5.41, 5.74) is 0.351. The molecule has 1 aliphatic heterocycles. The van der Waals surface area contributed by atoms with Crippen LogP contribution in [-0.2, 0) is 11.2 Å². The zero-order chi connectivity index (χ0) is 16.6. The normalized spacial score (nSPS) is 18.3. The molecule has 2 atom stereocenters. The van der Waals surface area contributed by atoms with E-state index in [1.807, 2.05) is 20.8 Å². The second-order valence-corrected chi connectivity index (χ2v) is 6.94. The average Bonchev–Trinajstić information content (AvgIpc) is 3.11. The van der Waals surface area contributed by atoms with E-state index in [1.54, 1.807) is 17.1 Å². The molecule has 2 unspecified atom stereocenters. The fourth-order valence-electron chi connectivity index (χ4n) is 2.88. The van der Waals surface area contributed by atoms with Gasteiger partial charge in [0, 0.05) is 23.8 Å². The quantitative estimate of drug-likeness (QED) is 0.870. The van der Waals surface area contributed by atoms with E-state index in [0.717, 1.165) is 5.56 Å². The van der Waals surface area contributed by atoms with Gasteiger partial charge in [0.15, 0.2) is 5.78 Å². The van der Waals surface area contributed by atoms with Crippen LogP contribution in [0.4, 0.5) is 4.39 Å². The molecule has 0 radical (unpaired) electrons. The molecule has 3 rings (SSSR count). The molecule has 0 saturated heterocycles. The monoisotopic (exact) mass is 317 g/mol. The molecule has 0 amide bonds. The molecule has 1 aromatic heterocycles. The Labute approximate surface area is 134 Å². The number of halogens is 1. The zero-order valence-corrected chi connectivity index (χ0v) is 13.5. The van der Waals surface area contributed by atoms with Gasteiger partial charge in [-0.05, 0) is 18.2 Å². The van der Waals surface area contributed by atoms with Crippen molar-refractivity contribution >= 4 is 5.78 Å². The minimum atomic E-state index is -0.492. The van der Waals surface area contributed by atoms with E-state index in [2.05, 4.69) is 10.1 Å². The van der Waals surface area contributed by atoms with Crippen molar-refractivity contribution in [2.24, 2.45) is 5.41 Å². The lowest BCUT2D eigenvalue weighted by Crippen LogP contribution is -2.34. The fraction of sp³-hybridized carbons (Fsp3) is 0.471. The second kappa shape index (κ2) is 5.76. The van der Waals surface area contributed by atoms with Crippen molar-refractivity contribution in [1.29, 1.82) is 0 Å². The zero-order valence-electron chi connectivity index (χ0n) is 13.5. The number of aromatic nitrogens is 3. The number of carbonyl (C=O) groups excluding carboxylic acids is 1. The van der Waals surface area contributed by atoms with Crippen LogP contribution in [0, 0.1) is 11.2 Å². The summed E-state index contributed by atoms with van der Waals surface area (Å²) in [5, 5.41) is 4.13. The van der Waals surface area contributed by atoms with Crippen molar-refractivity contribution in [2.75, 3.05) is 0 Å². The number of rotatable bonds is 4. The smallest absolute Gasteiger partial charge is 0.162 e. The maximum absolute atomic E-state index is 13.3. The van der Waals surface area contributed by atoms with E-state index < -0.39 is 11.5 Å². The van der Waals surface area contributed by atoms with Crippen molar-refractivity contribution in [2.45, 2.75) is 45.8 Å².